The molecule has 1 aromatic carbocycles. The highest BCUT2D eigenvalue weighted by atomic mass is 16.5. The molecule has 7 nitrogen and oxygen atoms in total. The van der Waals surface area contributed by atoms with Crippen LogP contribution in [0, 0.1) is 0 Å². The minimum Gasteiger partial charge on any atom is -0.469 e. The first-order valence-electron chi connectivity index (χ1n) is 7.09. The van der Waals surface area contributed by atoms with Crippen molar-refractivity contribution in [1.29, 1.82) is 0 Å². The number of methoxy groups -OCH3 is 1. The summed E-state index contributed by atoms with van der Waals surface area (Å²) in [5, 5.41) is 4.00. The first-order chi connectivity index (χ1) is 11.1. The molecule has 0 radical (unpaired) electrons. The second kappa shape index (κ2) is 5.96. The normalized spacial score (nSPS) is 10.8. The molecule has 3 aromatic rings. The molecule has 0 aliphatic carbocycles. The van der Waals surface area contributed by atoms with Gasteiger partial charge in [0.15, 0.2) is 0 Å². The Hall–Kier alpha value is -3.09. The van der Waals surface area contributed by atoms with E-state index in [1.807, 2.05) is 18.2 Å². The van der Waals surface area contributed by atoms with Crippen LogP contribution in [0.3, 0.4) is 0 Å². The van der Waals surface area contributed by atoms with Gasteiger partial charge in [-0.3, -0.25) is 14.4 Å². The van der Waals surface area contributed by atoms with Gasteiger partial charge in [-0.05, 0) is 6.07 Å². The summed E-state index contributed by atoms with van der Waals surface area (Å²) in [7, 11) is 1.29. The highest BCUT2D eigenvalue weighted by molar-refractivity contribution is 6.16. The van der Waals surface area contributed by atoms with Crippen molar-refractivity contribution in [2.75, 3.05) is 13.7 Å². The van der Waals surface area contributed by atoms with Gasteiger partial charge in [-0.1, -0.05) is 18.2 Å². The number of amides is 1. The van der Waals surface area contributed by atoms with Crippen molar-refractivity contribution in [3.63, 3.8) is 0 Å². The van der Waals surface area contributed by atoms with Crippen LogP contribution in [0.15, 0.2) is 35.3 Å². The van der Waals surface area contributed by atoms with E-state index >= 15 is 0 Å². The van der Waals surface area contributed by atoms with Crippen molar-refractivity contribution in [1.82, 2.24) is 15.3 Å². The van der Waals surface area contributed by atoms with Gasteiger partial charge in [0.25, 0.3) is 11.5 Å². The molecule has 0 bridgehead atoms. The van der Waals surface area contributed by atoms with Crippen LogP contribution in [-0.4, -0.2) is 35.5 Å². The molecule has 3 rings (SSSR count). The van der Waals surface area contributed by atoms with Gasteiger partial charge in [-0.2, -0.15) is 0 Å². The summed E-state index contributed by atoms with van der Waals surface area (Å²) in [6.45, 7) is 0.166. The van der Waals surface area contributed by atoms with E-state index in [4.69, 9.17) is 0 Å². The molecule has 0 aliphatic rings. The van der Waals surface area contributed by atoms with Crippen LogP contribution in [0.4, 0.5) is 0 Å². The van der Waals surface area contributed by atoms with Crippen molar-refractivity contribution in [2.45, 2.75) is 6.42 Å². The van der Waals surface area contributed by atoms with Crippen LogP contribution in [0.25, 0.3) is 21.8 Å². The van der Waals surface area contributed by atoms with E-state index in [-0.39, 0.29) is 24.4 Å². The number of H-pyrrole nitrogens is 2. The molecule has 23 heavy (non-hydrogen) atoms. The standard InChI is InChI=1S/C16H15N3O4/c1-23-12(20)6-7-17-15(21)10-8-18-14-13(10)9-4-2-3-5-11(9)19-16(14)22/h2-5,8,18H,6-7H2,1H3,(H,17,21)(H,19,22). The van der Waals surface area contributed by atoms with Gasteiger partial charge in [-0.15, -0.1) is 0 Å². The number of rotatable bonds is 4. The van der Waals surface area contributed by atoms with Crippen LogP contribution < -0.4 is 10.9 Å². The lowest BCUT2D eigenvalue weighted by Crippen LogP contribution is -2.26. The Morgan fingerprint density at radius 2 is 2.04 bits per heavy atom. The molecule has 0 atom stereocenters. The molecule has 0 saturated carbocycles. The number of benzene rings is 1. The molecular weight excluding hydrogens is 298 g/mol. The molecule has 7 heteroatoms. The maximum absolute atomic E-state index is 12.3. The number of hydrogen-bond donors (Lipinski definition) is 3. The number of ether oxygens (including phenoxy) is 1. The van der Waals surface area contributed by atoms with Gasteiger partial charge in [0, 0.05) is 29.0 Å². The summed E-state index contributed by atoms with van der Waals surface area (Å²) >= 11 is 0. The minimum atomic E-state index is -0.397. The zero-order valence-electron chi connectivity index (χ0n) is 12.4. The van der Waals surface area contributed by atoms with Crippen molar-refractivity contribution in [3.05, 3.63) is 46.4 Å². The number of nitrogens with one attached hydrogen (secondary N) is 3. The smallest absolute Gasteiger partial charge is 0.307 e. The van der Waals surface area contributed by atoms with E-state index in [1.165, 1.54) is 13.3 Å². The fourth-order valence-corrected chi connectivity index (χ4v) is 2.53. The monoisotopic (exact) mass is 313 g/mol. The Balaban J connectivity index is 2.00. The van der Waals surface area contributed by atoms with Crippen LogP contribution in [0.1, 0.15) is 16.8 Å². The third-order valence-electron chi connectivity index (χ3n) is 3.64. The summed E-state index contributed by atoms with van der Waals surface area (Å²) in [5.41, 5.74) is 1.09. The maximum Gasteiger partial charge on any atom is 0.307 e. The number of para-hydroxylation sites is 1. The number of aromatic nitrogens is 2. The van der Waals surface area contributed by atoms with Gasteiger partial charge in [0.2, 0.25) is 0 Å². The average molecular weight is 313 g/mol. The molecule has 2 heterocycles. The molecule has 0 saturated heterocycles. The van der Waals surface area contributed by atoms with Crippen molar-refractivity contribution in [3.8, 4) is 0 Å². The van der Waals surface area contributed by atoms with E-state index in [1.54, 1.807) is 6.07 Å². The van der Waals surface area contributed by atoms with Gasteiger partial charge in [0.05, 0.1) is 19.1 Å². The number of esters is 1. The lowest BCUT2D eigenvalue weighted by molar-refractivity contribution is -0.140. The number of hydrogen-bond acceptors (Lipinski definition) is 4. The SMILES string of the molecule is COC(=O)CCNC(=O)c1c[nH]c2c(=O)[nH]c3ccccc3c12. The molecule has 0 aliphatic heterocycles. The number of fused-ring (bicyclic) bond motifs is 3. The van der Waals surface area contributed by atoms with Crippen molar-refractivity contribution in [2.24, 2.45) is 0 Å². The summed E-state index contributed by atoms with van der Waals surface area (Å²) in [4.78, 5) is 41.1. The van der Waals surface area contributed by atoms with E-state index < -0.39 is 5.97 Å². The van der Waals surface area contributed by atoms with Gasteiger partial charge >= 0.3 is 5.97 Å². The van der Waals surface area contributed by atoms with E-state index in [9.17, 15) is 14.4 Å². The number of carbonyl (C=O) groups excluding carboxylic acids is 2. The summed E-state index contributed by atoms with van der Waals surface area (Å²) in [5.74, 6) is -0.748. The van der Waals surface area contributed by atoms with Crippen molar-refractivity contribution < 1.29 is 14.3 Å². The Labute approximate surface area is 130 Å². The quantitative estimate of drug-likeness (QED) is 0.631. The topological polar surface area (TPSA) is 104 Å². The largest absolute Gasteiger partial charge is 0.469 e. The van der Waals surface area contributed by atoms with E-state index in [0.717, 1.165) is 5.39 Å². The lowest BCUT2D eigenvalue weighted by atomic mass is 10.1. The van der Waals surface area contributed by atoms with E-state index in [0.29, 0.717) is 22.0 Å². The molecule has 0 fully saturated rings. The lowest BCUT2D eigenvalue weighted by Gasteiger charge is -2.05. The molecule has 118 valence electrons. The van der Waals surface area contributed by atoms with Crippen LogP contribution in [0.5, 0.6) is 0 Å². The highest BCUT2D eigenvalue weighted by Crippen LogP contribution is 2.24. The first-order valence-corrected chi connectivity index (χ1v) is 7.09. The molecule has 3 N–H and O–H groups in total. The van der Waals surface area contributed by atoms with Gasteiger partial charge in [-0.25, -0.2) is 0 Å². The summed E-state index contributed by atoms with van der Waals surface area (Å²) in [6.07, 6.45) is 1.59. The van der Waals surface area contributed by atoms with Gasteiger partial charge < -0.3 is 20.0 Å². The summed E-state index contributed by atoms with van der Waals surface area (Å²) < 4.78 is 4.52. The Kier molecular flexibility index (Phi) is 3.84. The third-order valence-corrected chi connectivity index (χ3v) is 3.64. The van der Waals surface area contributed by atoms with Gasteiger partial charge in [0.1, 0.15) is 5.52 Å². The zero-order chi connectivity index (χ0) is 16.4. The summed E-state index contributed by atoms with van der Waals surface area (Å²) in [6, 6.07) is 7.27. The minimum absolute atomic E-state index is 0.0892. The molecular formula is C16H15N3O4. The van der Waals surface area contributed by atoms with Crippen LogP contribution in [-0.2, 0) is 9.53 Å². The number of pyridine rings is 1. The van der Waals surface area contributed by atoms with Crippen LogP contribution >= 0.6 is 0 Å². The predicted molar refractivity (Wildman–Crippen MR) is 85.4 cm³/mol. The number of carbonyl (C=O) groups is 2. The first kappa shape index (κ1) is 14.8. The molecule has 2 aromatic heterocycles. The third kappa shape index (κ3) is 2.68. The van der Waals surface area contributed by atoms with E-state index in [2.05, 4.69) is 20.0 Å². The zero-order valence-corrected chi connectivity index (χ0v) is 12.4. The fraction of sp³-hybridized carbons (Fsp3) is 0.188. The fourth-order valence-electron chi connectivity index (χ4n) is 2.53. The predicted octanol–water partition coefficient (Wildman–Crippen LogP) is 1.30. The maximum atomic E-state index is 12.3. The molecule has 1 amide bonds. The number of aromatic amines is 2. The van der Waals surface area contributed by atoms with Crippen LogP contribution in [0.2, 0.25) is 0 Å². The molecule has 0 unspecified atom stereocenters. The average Bonchev–Trinajstić information content (AvgIpc) is 3.00. The second-order valence-corrected chi connectivity index (χ2v) is 5.03. The molecule has 0 spiro atoms. The Bertz CT molecular complexity index is 955. The highest BCUT2D eigenvalue weighted by Gasteiger charge is 2.16. The second-order valence-electron chi connectivity index (χ2n) is 5.03. The Morgan fingerprint density at radius 3 is 2.83 bits per heavy atom. The Morgan fingerprint density at radius 1 is 1.26 bits per heavy atom. The van der Waals surface area contributed by atoms with Crippen molar-refractivity contribution >= 4 is 33.7 Å².